The van der Waals surface area contributed by atoms with Crippen LogP contribution in [-0.4, -0.2) is 20.2 Å². The number of hydrogen-bond acceptors (Lipinski definition) is 3. The number of fused-ring (bicyclic) bond motifs is 7. The van der Waals surface area contributed by atoms with E-state index in [2.05, 4.69) is 123 Å². The van der Waals surface area contributed by atoms with Crippen LogP contribution >= 0.6 is 0 Å². The second-order valence-electron chi connectivity index (χ2n) is 12.0. The van der Waals surface area contributed by atoms with Gasteiger partial charge in [0.05, 0.1) is 0 Å². The molecule has 0 atom stereocenters. The van der Waals surface area contributed by atoms with Crippen LogP contribution in [0.2, 0.25) is 0 Å². The number of aliphatic imine (C=N–C) groups is 1. The molecule has 0 bridgehead atoms. The van der Waals surface area contributed by atoms with Crippen molar-refractivity contribution in [1.82, 2.24) is 0 Å². The zero-order valence-corrected chi connectivity index (χ0v) is 24.6. The number of nitriles is 1. The summed E-state index contributed by atoms with van der Waals surface area (Å²) < 4.78 is 2.81. The SMILES string of the molecule is CC1(C)c2ccccc2N2c3[se]c(-c4ccc5c(c4)C(=NC#N)c4ccccc4-5)cc3C(C)(C)c3cccc1c32. The third kappa shape index (κ3) is 2.92. The summed E-state index contributed by atoms with van der Waals surface area (Å²) in [7, 11) is 0. The summed E-state index contributed by atoms with van der Waals surface area (Å²) in [4.78, 5) is 6.85. The van der Waals surface area contributed by atoms with E-state index in [1.54, 1.807) is 0 Å². The number of rotatable bonds is 1. The first-order valence-corrected chi connectivity index (χ1v) is 15.4. The van der Waals surface area contributed by atoms with Crippen LogP contribution in [0.4, 0.5) is 15.9 Å². The maximum absolute atomic E-state index is 9.49. The van der Waals surface area contributed by atoms with Crippen LogP contribution in [-0.2, 0) is 10.8 Å². The molecule has 3 aliphatic rings. The van der Waals surface area contributed by atoms with Gasteiger partial charge in [0.2, 0.25) is 0 Å². The van der Waals surface area contributed by atoms with E-state index in [-0.39, 0.29) is 25.3 Å². The summed E-state index contributed by atoms with van der Waals surface area (Å²) in [5.74, 6) is 0. The fourth-order valence-electron chi connectivity index (χ4n) is 7.12. The Morgan fingerprint density at radius 1 is 0.675 bits per heavy atom. The molecule has 3 nitrogen and oxygen atoms in total. The zero-order valence-electron chi connectivity index (χ0n) is 22.9. The number of anilines is 3. The predicted molar refractivity (Wildman–Crippen MR) is 164 cm³/mol. The molecule has 0 saturated carbocycles. The molecule has 8 rings (SSSR count). The molecule has 3 heterocycles. The van der Waals surface area contributed by atoms with Gasteiger partial charge >= 0.3 is 242 Å². The van der Waals surface area contributed by atoms with E-state index in [1.165, 1.54) is 48.2 Å². The standard InChI is InChI=1S/C36H27N3Se/c1-35(2)26-12-7-8-15-30(26)39-33-27(35)13-9-14-28(33)36(3,4)29-19-31(40-34(29)39)21-16-17-23-22-10-5-6-11-24(22)32(38-20-37)25(23)18-21/h5-19H,1-4H3. The van der Waals surface area contributed by atoms with Crippen molar-refractivity contribution >= 4 is 36.2 Å². The van der Waals surface area contributed by atoms with Crippen molar-refractivity contribution in [1.29, 1.82) is 5.26 Å². The summed E-state index contributed by atoms with van der Waals surface area (Å²) in [6.07, 6.45) is 2.05. The van der Waals surface area contributed by atoms with Crippen molar-refractivity contribution in [2.45, 2.75) is 38.5 Å². The minimum atomic E-state index is -0.108. The van der Waals surface area contributed by atoms with E-state index in [1.807, 2.05) is 12.3 Å². The van der Waals surface area contributed by atoms with Gasteiger partial charge in [0.1, 0.15) is 0 Å². The van der Waals surface area contributed by atoms with Crippen molar-refractivity contribution < 1.29 is 0 Å². The Morgan fingerprint density at radius 2 is 1.32 bits per heavy atom. The molecule has 0 saturated heterocycles. The summed E-state index contributed by atoms with van der Waals surface area (Å²) in [6, 6.07) is 33.3. The van der Waals surface area contributed by atoms with Gasteiger partial charge in [-0.1, -0.05) is 0 Å². The normalized spacial score (nSPS) is 17.4. The first-order chi connectivity index (χ1) is 19.3. The van der Waals surface area contributed by atoms with Crippen LogP contribution in [0.3, 0.4) is 0 Å². The van der Waals surface area contributed by atoms with E-state index in [0.29, 0.717) is 0 Å². The Bertz CT molecular complexity index is 1980. The molecule has 5 aromatic rings. The molecule has 0 fully saturated rings. The Balaban J connectivity index is 1.35. The van der Waals surface area contributed by atoms with Crippen LogP contribution in [0.1, 0.15) is 61.1 Å². The van der Waals surface area contributed by atoms with Crippen molar-refractivity contribution in [3.05, 3.63) is 124 Å². The molecule has 0 amide bonds. The number of nitrogens with zero attached hydrogens (tertiary/aromatic N) is 3. The molecule has 1 aliphatic carbocycles. The van der Waals surface area contributed by atoms with Gasteiger partial charge in [0.15, 0.2) is 0 Å². The molecule has 0 spiro atoms. The van der Waals surface area contributed by atoms with Crippen LogP contribution in [0.25, 0.3) is 21.1 Å². The van der Waals surface area contributed by atoms with Gasteiger partial charge in [-0.25, -0.2) is 0 Å². The molecule has 40 heavy (non-hydrogen) atoms. The number of benzene rings is 4. The summed E-state index contributed by atoms with van der Waals surface area (Å²) in [5, 5.41) is 9.49. The molecule has 4 heteroatoms. The van der Waals surface area contributed by atoms with E-state index >= 15 is 0 Å². The third-order valence-electron chi connectivity index (χ3n) is 9.21. The van der Waals surface area contributed by atoms with Gasteiger partial charge in [0.25, 0.3) is 0 Å². The fraction of sp³-hybridized carbons (Fsp3) is 0.167. The van der Waals surface area contributed by atoms with Gasteiger partial charge in [-0.05, 0) is 0 Å². The summed E-state index contributed by atoms with van der Waals surface area (Å²) >= 11 is 0.109. The summed E-state index contributed by atoms with van der Waals surface area (Å²) in [5.41, 5.74) is 14.5. The Morgan fingerprint density at radius 3 is 2.10 bits per heavy atom. The molecule has 4 aromatic carbocycles. The topological polar surface area (TPSA) is 39.4 Å². The molecule has 0 N–H and O–H groups in total. The molecular formula is C36H27N3Se. The number of para-hydroxylation sites is 2. The summed E-state index contributed by atoms with van der Waals surface area (Å²) in [6.45, 7) is 9.49. The van der Waals surface area contributed by atoms with E-state index in [4.69, 9.17) is 0 Å². The molecule has 0 unspecified atom stereocenters. The second kappa shape index (κ2) is 7.95. The van der Waals surface area contributed by atoms with Gasteiger partial charge in [-0.15, -0.1) is 0 Å². The van der Waals surface area contributed by atoms with Crippen LogP contribution < -0.4 is 4.90 Å². The Kier molecular flexibility index (Phi) is 4.71. The van der Waals surface area contributed by atoms with E-state index < -0.39 is 0 Å². The van der Waals surface area contributed by atoms with E-state index in [9.17, 15) is 5.26 Å². The maximum atomic E-state index is 9.49. The van der Waals surface area contributed by atoms with Crippen molar-refractivity contribution in [3.63, 3.8) is 0 Å². The monoisotopic (exact) mass is 581 g/mol. The average molecular weight is 581 g/mol. The van der Waals surface area contributed by atoms with Gasteiger partial charge in [0, 0.05) is 0 Å². The van der Waals surface area contributed by atoms with Gasteiger partial charge in [-0.3, -0.25) is 0 Å². The van der Waals surface area contributed by atoms with Gasteiger partial charge < -0.3 is 0 Å². The van der Waals surface area contributed by atoms with E-state index in [0.717, 1.165) is 28.0 Å². The van der Waals surface area contributed by atoms with Crippen LogP contribution in [0.5, 0.6) is 0 Å². The third-order valence-corrected chi connectivity index (χ3v) is 11.7. The second-order valence-corrected chi connectivity index (χ2v) is 14.2. The van der Waals surface area contributed by atoms with Crippen LogP contribution in [0, 0.1) is 11.5 Å². The molecule has 1 aromatic heterocycles. The first-order valence-electron chi connectivity index (χ1n) is 13.7. The van der Waals surface area contributed by atoms with Crippen LogP contribution in [0.15, 0.2) is 96.0 Å². The number of hydrogen-bond donors (Lipinski definition) is 0. The minimum absolute atomic E-state index is 0.0695. The molecular weight excluding hydrogens is 553 g/mol. The van der Waals surface area contributed by atoms with Crippen molar-refractivity contribution in [2.75, 3.05) is 4.90 Å². The van der Waals surface area contributed by atoms with Gasteiger partial charge in [-0.2, -0.15) is 0 Å². The average Bonchev–Trinajstić information content (AvgIpc) is 3.54. The van der Waals surface area contributed by atoms with Crippen molar-refractivity contribution in [3.8, 4) is 27.3 Å². The quantitative estimate of drug-likeness (QED) is 0.145. The molecule has 0 radical (unpaired) electrons. The van der Waals surface area contributed by atoms with Crippen molar-refractivity contribution in [2.24, 2.45) is 4.99 Å². The molecule has 2 aliphatic heterocycles. The zero-order chi connectivity index (χ0) is 27.4. The Labute approximate surface area is 240 Å². The molecule has 192 valence electrons. The first kappa shape index (κ1) is 23.7. The predicted octanol–water partition coefficient (Wildman–Crippen LogP) is 8.46. The Hall–Kier alpha value is -4.16. The fourth-order valence-corrected chi connectivity index (χ4v) is 9.92.